The van der Waals surface area contributed by atoms with Crippen molar-refractivity contribution in [3.05, 3.63) is 97.1 Å². The first-order chi connectivity index (χ1) is 13.4. The van der Waals surface area contributed by atoms with Crippen LogP contribution in [0.15, 0.2) is 97.1 Å². The molecule has 27 heavy (non-hydrogen) atoms. The Bertz CT molecular complexity index is 1460. The zero-order chi connectivity index (χ0) is 17.8. The van der Waals surface area contributed by atoms with Gasteiger partial charge in [0.1, 0.15) is 5.65 Å². The van der Waals surface area contributed by atoms with Crippen molar-refractivity contribution in [2.24, 2.45) is 0 Å². The first-order valence-electron chi connectivity index (χ1n) is 9.17. The molecular formula is C25H16N2. The Labute approximate surface area is 156 Å². The summed E-state index contributed by atoms with van der Waals surface area (Å²) in [5, 5.41) is 3.69. The molecule has 0 radical (unpaired) electrons. The van der Waals surface area contributed by atoms with Gasteiger partial charge in [0.25, 0.3) is 0 Å². The van der Waals surface area contributed by atoms with Crippen LogP contribution in [0.2, 0.25) is 0 Å². The predicted molar refractivity (Wildman–Crippen MR) is 113 cm³/mol. The van der Waals surface area contributed by atoms with Gasteiger partial charge in [-0.15, -0.1) is 0 Å². The molecule has 0 N–H and O–H groups in total. The zero-order valence-corrected chi connectivity index (χ0v) is 14.6. The lowest BCUT2D eigenvalue weighted by Gasteiger charge is -2.08. The van der Waals surface area contributed by atoms with E-state index < -0.39 is 0 Å². The summed E-state index contributed by atoms with van der Waals surface area (Å²) in [5.41, 5.74) is 6.79. The second-order valence-electron chi connectivity index (χ2n) is 6.90. The van der Waals surface area contributed by atoms with Crippen LogP contribution in [0.1, 0.15) is 0 Å². The highest BCUT2D eigenvalue weighted by molar-refractivity contribution is 6.13. The Morgan fingerprint density at radius 3 is 2.07 bits per heavy atom. The molecule has 0 saturated carbocycles. The molecule has 0 aliphatic rings. The van der Waals surface area contributed by atoms with E-state index in [1.807, 2.05) is 6.07 Å². The molecule has 2 nitrogen and oxygen atoms in total. The highest BCUT2D eigenvalue weighted by atomic mass is 15.0. The van der Waals surface area contributed by atoms with Crippen molar-refractivity contribution in [3.8, 4) is 11.1 Å². The standard InChI is InChI=1S/C25H16N2/c1-2-8-17(9-3-1)18-14-15-24-22(16-18)26-25-21-12-5-4-10-19(21)20-11-6-7-13-23(20)27(24)25/h1-16H. The molecule has 0 amide bonds. The van der Waals surface area contributed by atoms with Crippen molar-refractivity contribution in [1.82, 2.24) is 9.38 Å². The third kappa shape index (κ3) is 2.04. The lowest BCUT2D eigenvalue weighted by Crippen LogP contribution is -1.90. The smallest absolute Gasteiger partial charge is 0.146 e. The Kier molecular flexibility index (Phi) is 2.91. The van der Waals surface area contributed by atoms with Gasteiger partial charge in [-0.1, -0.05) is 78.9 Å². The summed E-state index contributed by atoms with van der Waals surface area (Å²) >= 11 is 0. The number of nitrogens with zero attached hydrogens (tertiary/aromatic N) is 2. The molecule has 0 aliphatic heterocycles. The molecule has 2 heteroatoms. The van der Waals surface area contributed by atoms with E-state index in [1.54, 1.807) is 0 Å². The summed E-state index contributed by atoms with van der Waals surface area (Å²) < 4.78 is 2.29. The van der Waals surface area contributed by atoms with Crippen molar-refractivity contribution in [1.29, 1.82) is 0 Å². The van der Waals surface area contributed by atoms with Crippen LogP contribution in [0, 0.1) is 0 Å². The number of benzene rings is 4. The van der Waals surface area contributed by atoms with Crippen LogP contribution in [0.5, 0.6) is 0 Å². The topological polar surface area (TPSA) is 17.3 Å². The quantitative estimate of drug-likeness (QED) is 0.313. The number of para-hydroxylation sites is 1. The van der Waals surface area contributed by atoms with Crippen LogP contribution in [0.25, 0.3) is 49.5 Å². The molecule has 0 spiro atoms. The van der Waals surface area contributed by atoms with E-state index >= 15 is 0 Å². The van der Waals surface area contributed by atoms with Crippen molar-refractivity contribution >= 4 is 38.4 Å². The van der Waals surface area contributed by atoms with Crippen molar-refractivity contribution in [2.45, 2.75) is 0 Å². The highest BCUT2D eigenvalue weighted by Crippen LogP contribution is 2.33. The van der Waals surface area contributed by atoms with E-state index in [0.29, 0.717) is 0 Å². The van der Waals surface area contributed by atoms with Gasteiger partial charge in [-0.05, 0) is 34.7 Å². The molecule has 2 heterocycles. The maximum Gasteiger partial charge on any atom is 0.146 e. The molecule has 0 atom stereocenters. The number of hydrogen-bond acceptors (Lipinski definition) is 1. The lowest BCUT2D eigenvalue weighted by molar-refractivity contribution is 1.31. The minimum atomic E-state index is 1.02. The van der Waals surface area contributed by atoms with E-state index in [4.69, 9.17) is 4.98 Å². The molecule has 126 valence electrons. The van der Waals surface area contributed by atoms with Crippen LogP contribution < -0.4 is 0 Å². The van der Waals surface area contributed by atoms with Crippen LogP contribution in [0.4, 0.5) is 0 Å². The maximum absolute atomic E-state index is 5.04. The number of pyridine rings is 1. The lowest BCUT2D eigenvalue weighted by atomic mass is 10.1. The van der Waals surface area contributed by atoms with Gasteiger partial charge in [0.05, 0.1) is 16.6 Å². The third-order valence-corrected chi connectivity index (χ3v) is 5.36. The summed E-state index contributed by atoms with van der Waals surface area (Å²) in [6, 6.07) is 34.2. The molecule has 6 aromatic rings. The second kappa shape index (κ2) is 5.42. The highest BCUT2D eigenvalue weighted by Gasteiger charge is 2.13. The second-order valence-corrected chi connectivity index (χ2v) is 6.90. The van der Waals surface area contributed by atoms with Crippen LogP contribution in [-0.4, -0.2) is 9.38 Å². The summed E-state index contributed by atoms with van der Waals surface area (Å²) in [4.78, 5) is 5.04. The number of hydrogen-bond donors (Lipinski definition) is 0. The molecule has 0 fully saturated rings. The van der Waals surface area contributed by atoms with Crippen molar-refractivity contribution in [3.63, 3.8) is 0 Å². The molecule has 0 unspecified atom stereocenters. The van der Waals surface area contributed by atoms with E-state index in [0.717, 1.165) is 16.7 Å². The molecule has 0 aliphatic carbocycles. The van der Waals surface area contributed by atoms with Gasteiger partial charge < -0.3 is 0 Å². The normalized spacial score (nSPS) is 11.7. The summed E-state index contributed by atoms with van der Waals surface area (Å²) in [6.45, 7) is 0. The molecule has 2 aromatic heterocycles. The fourth-order valence-corrected chi connectivity index (χ4v) is 4.12. The fourth-order valence-electron chi connectivity index (χ4n) is 4.12. The Hall–Kier alpha value is -3.65. The van der Waals surface area contributed by atoms with E-state index in [9.17, 15) is 0 Å². The van der Waals surface area contributed by atoms with Gasteiger partial charge >= 0.3 is 0 Å². The SMILES string of the molecule is c1ccc(-c2ccc3c(c2)nc2c4ccccc4c4ccccc4n32)cc1. The Morgan fingerprint density at radius 1 is 0.519 bits per heavy atom. The minimum absolute atomic E-state index is 1.02. The van der Waals surface area contributed by atoms with Crippen LogP contribution in [-0.2, 0) is 0 Å². The number of imidazole rings is 1. The van der Waals surface area contributed by atoms with Gasteiger partial charge in [-0.3, -0.25) is 4.40 Å². The van der Waals surface area contributed by atoms with E-state index in [1.165, 1.54) is 32.8 Å². The van der Waals surface area contributed by atoms with Gasteiger partial charge in [0.15, 0.2) is 0 Å². The average molecular weight is 344 g/mol. The molecular weight excluding hydrogens is 328 g/mol. The number of aromatic nitrogens is 2. The molecule has 4 aromatic carbocycles. The predicted octanol–water partition coefficient (Wildman–Crippen LogP) is 6.46. The summed E-state index contributed by atoms with van der Waals surface area (Å²) in [7, 11) is 0. The molecule has 6 rings (SSSR count). The minimum Gasteiger partial charge on any atom is -0.292 e. The average Bonchev–Trinajstić information content (AvgIpc) is 3.14. The van der Waals surface area contributed by atoms with Crippen molar-refractivity contribution < 1.29 is 0 Å². The van der Waals surface area contributed by atoms with Crippen LogP contribution in [0.3, 0.4) is 0 Å². The monoisotopic (exact) mass is 344 g/mol. The maximum atomic E-state index is 5.04. The zero-order valence-electron chi connectivity index (χ0n) is 14.6. The third-order valence-electron chi connectivity index (χ3n) is 5.36. The van der Waals surface area contributed by atoms with Gasteiger partial charge in [0, 0.05) is 10.8 Å². The van der Waals surface area contributed by atoms with Gasteiger partial charge in [-0.2, -0.15) is 0 Å². The Balaban J connectivity index is 1.79. The molecule has 0 bridgehead atoms. The first-order valence-corrected chi connectivity index (χ1v) is 9.17. The Morgan fingerprint density at radius 2 is 1.22 bits per heavy atom. The number of fused-ring (bicyclic) bond motifs is 8. The van der Waals surface area contributed by atoms with Gasteiger partial charge in [0.2, 0.25) is 0 Å². The number of rotatable bonds is 1. The van der Waals surface area contributed by atoms with Crippen LogP contribution >= 0.6 is 0 Å². The fraction of sp³-hybridized carbons (Fsp3) is 0. The first kappa shape index (κ1) is 14.5. The van der Waals surface area contributed by atoms with Gasteiger partial charge in [-0.25, -0.2) is 4.98 Å². The summed E-state index contributed by atoms with van der Waals surface area (Å²) in [5.74, 6) is 0. The molecule has 0 saturated heterocycles. The van der Waals surface area contributed by atoms with E-state index in [-0.39, 0.29) is 0 Å². The largest absolute Gasteiger partial charge is 0.292 e. The van der Waals surface area contributed by atoms with Crippen molar-refractivity contribution in [2.75, 3.05) is 0 Å². The summed E-state index contributed by atoms with van der Waals surface area (Å²) in [6.07, 6.45) is 0. The van der Waals surface area contributed by atoms with E-state index in [2.05, 4.69) is 95.4 Å².